The van der Waals surface area contributed by atoms with E-state index in [-0.39, 0.29) is 6.61 Å². The van der Waals surface area contributed by atoms with Crippen LogP contribution in [-0.2, 0) is 47.6 Å². The number of methoxy groups -OCH3 is 1. The second-order valence-electron chi connectivity index (χ2n) is 5.30. The van der Waals surface area contributed by atoms with Gasteiger partial charge in [0.25, 0.3) is 0 Å². The van der Waals surface area contributed by atoms with E-state index in [1.165, 1.54) is 14.0 Å². The average molecular weight is 362 g/mol. The number of carbonyl (C=O) groups is 4. The van der Waals surface area contributed by atoms with Gasteiger partial charge in [0.1, 0.15) is 12.7 Å². The molecule has 5 atom stereocenters. The Morgan fingerprint density at radius 3 is 1.68 bits per heavy atom. The van der Waals surface area contributed by atoms with E-state index in [4.69, 9.17) is 28.4 Å². The maximum absolute atomic E-state index is 11.5. The molecule has 1 heterocycles. The average Bonchev–Trinajstić information content (AvgIpc) is 2.48. The van der Waals surface area contributed by atoms with Crippen LogP contribution in [0, 0.1) is 0 Å². The highest BCUT2D eigenvalue weighted by Crippen LogP contribution is 2.29. The molecule has 0 spiro atoms. The fraction of sp³-hybridized carbons (Fsp3) is 0.733. The molecule has 1 aliphatic heterocycles. The normalized spacial score (nSPS) is 28.6. The molecule has 0 N–H and O–H groups in total. The van der Waals surface area contributed by atoms with Gasteiger partial charge in [-0.25, -0.2) is 0 Å². The van der Waals surface area contributed by atoms with Crippen molar-refractivity contribution in [3.05, 3.63) is 0 Å². The van der Waals surface area contributed by atoms with Crippen molar-refractivity contribution in [2.45, 2.75) is 58.4 Å². The molecule has 0 radical (unpaired) electrons. The fourth-order valence-corrected chi connectivity index (χ4v) is 2.38. The lowest BCUT2D eigenvalue weighted by Gasteiger charge is -2.43. The van der Waals surface area contributed by atoms with Crippen LogP contribution >= 0.6 is 0 Å². The lowest BCUT2D eigenvalue weighted by atomic mass is 9.98. The molecule has 10 nitrogen and oxygen atoms in total. The summed E-state index contributed by atoms with van der Waals surface area (Å²) in [5.41, 5.74) is 0. The highest BCUT2D eigenvalue weighted by Gasteiger charge is 2.52. The van der Waals surface area contributed by atoms with Crippen LogP contribution in [-0.4, -0.2) is 68.3 Å². The SMILES string of the molecule is COC1OC(COC(C)=O)C(OC(C)=O)[C@H](OC(C)=O)C1OC(C)=O. The standard InChI is InChI=1S/C15H22O10/c1-7(16)21-6-11-12(22-8(2)17)13(23-9(3)18)14(24-10(4)19)15(20-5)25-11/h11-15H,6H2,1-5H3/t11?,12?,13-,14?,15?/m0/s1. The minimum Gasteiger partial charge on any atom is -0.463 e. The minimum absolute atomic E-state index is 0.280. The van der Waals surface area contributed by atoms with Gasteiger partial charge in [0, 0.05) is 34.8 Å². The van der Waals surface area contributed by atoms with Gasteiger partial charge < -0.3 is 28.4 Å². The maximum Gasteiger partial charge on any atom is 0.303 e. The van der Waals surface area contributed by atoms with Crippen LogP contribution < -0.4 is 0 Å². The zero-order valence-electron chi connectivity index (χ0n) is 14.7. The van der Waals surface area contributed by atoms with Gasteiger partial charge in [-0.15, -0.1) is 0 Å². The summed E-state index contributed by atoms with van der Waals surface area (Å²) in [5.74, 6) is -2.63. The number of carbonyl (C=O) groups excluding carboxylic acids is 4. The Labute approximate surface area is 144 Å². The van der Waals surface area contributed by atoms with E-state index in [1.54, 1.807) is 0 Å². The van der Waals surface area contributed by atoms with Gasteiger partial charge in [0.2, 0.25) is 0 Å². The summed E-state index contributed by atoms with van der Waals surface area (Å²) in [7, 11) is 1.29. The van der Waals surface area contributed by atoms with E-state index in [2.05, 4.69) is 0 Å². The molecular formula is C15H22O10. The molecule has 25 heavy (non-hydrogen) atoms. The monoisotopic (exact) mass is 362 g/mol. The van der Waals surface area contributed by atoms with E-state index < -0.39 is 54.6 Å². The topological polar surface area (TPSA) is 124 Å². The van der Waals surface area contributed by atoms with Crippen molar-refractivity contribution in [1.29, 1.82) is 0 Å². The molecule has 0 aromatic rings. The van der Waals surface area contributed by atoms with E-state index in [0.717, 1.165) is 20.8 Å². The zero-order chi connectivity index (χ0) is 19.1. The van der Waals surface area contributed by atoms with Crippen molar-refractivity contribution in [2.24, 2.45) is 0 Å². The third-order valence-electron chi connectivity index (χ3n) is 3.18. The van der Waals surface area contributed by atoms with Crippen LogP contribution in [0.1, 0.15) is 27.7 Å². The first-order valence-corrected chi connectivity index (χ1v) is 7.49. The Morgan fingerprint density at radius 1 is 0.760 bits per heavy atom. The third kappa shape index (κ3) is 6.31. The van der Waals surface area contributed by atoms with Crippen molar-refractivity contribution >= 4 is 23.9 Å². The van der Waals surface area contributed by atoms with Crippen molar-refractivity contribution in [3.63, 3.8) is 0 Å². The molecule has 1 aliphatic rings. The smallest absolute Gasteiger partial charge is 0.303 e. The Balaban J connectivity index is 3.18. The van der Waals surface area contributed by atoms with Gasteiger partial charge in [-0.1, -0.05) is 0 Å². The summed E-state index contributed by atoms with van der Waals surface area (Å²) in [5, 5.41) is 0. The molecule has 1 fully saturated rings. The van der Waals surface area contributed by atoms with Crippen LogP contribution in [0.25, 0.3) is 0 Å². The maximum atomic E-state index is 11.5. The summed E-state index contributed by atoms with van der Waals surface area (Å²) >= 11 is 0. The second-order valence-corrected chi connectivity index (χ2v) is 5.30. The summed E-state index contributed by atoms with van der Waals surface area (Å²) < 4.78 is 31.1. The lowest BCUT2D eigenvalue weighted by Crippen LogP contribution is -2.62. The first-order valence-electron chi connectivity index (χ1n) is 7.49. The van der Waals surface area contributed by atoms with Crippen molar-refractivity contribution < 1.29 is 47.6 Å². The molecule has 1 saturated heterocycles. The number of hydrogen-bond donors (Lipinski definition) is 0. The van der Waals surface area contributed by atoms with Crippen LogP contribution in [0.5, 0.6) is 0 Å². The number of ether oxygens (including phenoxy) is 6. The molecule has 0 bridgehead atoms. The Morgan fingerprint density at radius 2 is 1.24 bits per heavy atom. The minimum atomic E-state index is -1.20. The molecule has 10 heteroatoms. The second kappa shape index (κ2) is 9.33. The Hall–Kier alpha value is -2.20. The summed E-state index contributed by atoms with van der Waals surface area (Å²) in [4.78, 5) is 45.4. The van der Waals surface area contributed by atoms with Gasteiger partial charge in [-0.3, -0.25) is 19.2 Å². The van der Waals surface area contributed by atoms with E-state index in [0.29, 0.717) is 0 Å². The predicted molar refractivity (Wildman–Crippen MR) is 79.0 cm³/mol. The van der Waals surface area contributed by atoms with E-state index >= 15 is 0 Å². The van der Waals surface area contributed by atoms with Gasteiger partial charge in [0.05, 0.1) is 0 Å². The molecule has 0 saturated carbocycles. The van der Waals surface area contributed by atoms with Crippen LogP contribution in [0.15, 0.2) is 0 Å². The first-order chi connectivity index (χ1) is 11.6. The highest BCUT2D eigenvalue weighted by molar-refractivity contribution is 5.68. The molecule has 0 amide bonds. The quantitative estimate of drug-likeness (QED) is 0.460. The number of rotatable bonds is 6. The van der Waals surface area contributed by atoms with E-state index in [9.17, 15) is 19.2 Å². The van der Waals surface area contributed by atoms with E-state index in [1.807, 2.05) is 0 Å². The third-order valence-corrected chi connectivity index (χ3v) is 3.18. The molecule has 4 unspecified atom stereocenters. The van der Waals surface area contributed by atoms with Crippen LogP contribution in [0.3, 0.4) is 0 Å². The predicted octanol–water partition coefficient (Wildman–Crippen LogP) is -0.284. The van der Waals surface area contributed by atoms with Crippen LogP contribution in [0.2, 0.25) is 0 Å². The molecule has 1 rings (SSSR count). The summed E-state index contributed by atoms with van der Waals surface area (Å²) in [6.45, 7) is 4.37. The summed E-state index contributed by atoms with van der Waals surface area (Å²) in [6, 6.07) is 0. The van der Waals surface area contributed by atoms with Crippen molar-refractivity contribution in [2.75, 3.05) is 13.7 Å². The van der Waals surface area contributed by atoms with Crippen molar-refractivity contribution in [3.8, 4) is 0 Å². The van der Waals surface area contributed by atoms with Crippen molar-refractivity contribution in [1.82, 2.24) is 0 Å². The zero-order valence-corrected chi connectivity index (χ0v) is 14.7. The molecule has 0 aromatic heterocycles. The summed E-state index contributed by atoms with van der Waals surface area (Å²) in [6.07, 6.45) is -5.67. The molecule has 142 valence electrons. The highest BCUT2D eigenvalue weighted by atomic mass is 16.7. The largest absolute Gasteiger partial charge is 0.463 e. The fourth-order valence-electron chi connectivity index (χ4n) is 2.38. The van der Waals surface area contributed by atoms with Gasteiger partial charge in [0.15, 0.2) is 24.6 Å². The van der Waals surface area contributed by atoms with Gasteiger partial charge >= 0.3 is 23.9 Å². The van der Waals surface area contributed by atoms with Crippen LogP contribution in [0.4, 0.5) is 0 Å². The van der Waals surface area contributed by atoms with Gasteiger partial charge in [-0.2, -0.15) is 0 Å². The van der Waals surface area contributed by atoms with Gasteiger partial charge in [-0.05, 0) is 0 Å². The Kier molecular flexibility index (Phi) is 7.78. The molecular weight excluding hydrogens is 340 g/mol. The first kappa shape index (κ1) is 20.8. The number of hydrogen-bond acceptors (Lipinski definition) is 10. The molecule has 0 aliphatic carbocycles. The molecule has 0 aromatic carbocycles. The number of esters is 4. The Bertz CT molecular complexity index is 516. The lowest BCUT2D eigenvalue weighted by molar-refractivity contribution is -0.302.